The monoisotopic (exact) mass is 351 g/mol. The molecule has 2 atom stereocenters. The second kappa shape index (κ2) is 6.34. The third-order valence-electron chi connectivity index (χ3n) is 3.36. The highest BCUT2D eigenvalue weighted by Gasteiger charge is 2.45. The van der Waals surface area contributed by atoms with Gasteiger partial charge in [0.1, 0.15) is 23.8 Å². The van der Waals surface area contributed by atoms with E-state index in [4.69, 9.17) is 10.5 Å². The molecule has 0 spiro atoms. The molecule has 2 rings (SSSR count). The highest BCUT2D eigenvalue weighted by atomic mass is 19.4. The predicted octanol–water partition coefficient (Wildman–Crippen LogP) is 2.27. The van der Waals surface area contributed by atoms with Crippen LogP contribution in [0.1, 0.15) is 12.5 Å². The van der Waals surface area contributed by atoms with Gasteiger partial charge in [0.25, 0.3) is 12.1 Å². The minimum absolute atomic E-state index is 0.0176. The molecule has 1 amide bonds. The van der Waals surface area contributed by atoms with Crippen molar-refractivity contribution in [3.8, 4) is 0 Å². The topological polar surface area (TPSA) is 76.7 Å². The van der Waals surface area contributed by atoms with Gasteiger partial charge in [0, 0.05) is 11.3 Å². The number of nitrogens with zero attached hydrogens (tertiary/aromatic N) is 1. The van der Waals surface area contributed by atoms with Gasteiger partial charge in [0.15, 0.2) is 0 Å². The third kappa shape index (κ3) is 3.81. The number of hydrogen-bond donors (Lipinski definition) is 2. The van der Waals surface area contributed by atoms with Gasteiger partial charge in [0.05, 0.1) is 6.61 Å². The van der Waals surface area contributed by atoms with Crippen LogP contribution in [0.3, 0.4) is 0 Å². The lowest BCUT2D eigenvalue weighted by Gasteiger charge is -2.30. The quantitative estimate of drug-likeness (QED) is 0.820. The number of rotatable bonds is 3. The lowest BCUT2D eigenvalue weighted by atomic mass is 9.92. The summed E-state index contributed by atoms with van der Waals surface area (Å²) >= 11 is 0. The van der Waals surface area contributed by atoms with Gasteiger partial charge < -0.3 is 15.8 Å². The zero-order chi connectivity index (χ0) is 18.1. The van der Waals surface area contributed by atoms with Gasteiger partial charge >= 0.3 is 6.18 Å². The first-order valence-electron chi connectivity index (χ1n) is 6.76. The molecular weight excluding hydrogens is 337 g/mol. The second-order valence-electron chi connectivity index (χ2n) is 5.46. The number of halogens is 5. The Bertz CT molecular complexity index is 677. The number of aliphatic imine (C=N–C) groups is 1. The zero-order valence-corrected chi connectivity index (χ0v) is 12.5. The molecule has 0 fully saturated rings. The van der Waals surface area contributed by atoms with Gasteiger partial charge in [0.2, 0.25) is 0 Å². The molecule has 5 nitrogen and oxygen atoms in total. The van der Waals surface area contributed by atoms with E-state index in [0.29, 0.717) is 0 Å². The van der Waals surface area contributed by atoms with Gasteiger partial charge in [-0.2, -0.15) is 13.2 Å². The molecule has 24 heavy (non-hydrogen) atoms. The normalized spacial score (nSPS) is 22.7. The number of amidine groups is 1. The number of amides is 1. The molecule has 10 heteroatoms. The number of carbonyl (C=O) groups excluding carboxylic acids is 1. The average Bonchev–Trinajstić information content (AvgIpc) is 2.47. The van der Waals surface area contributed by atoms with Crippen molar-refractivity contribution < 1.29 is 31.5 Å². The number of ether oxygens (including phenoxy) is 1. The third-order valence-corrected chi connectivity index (χ3v) is 3.36. The molecular formula is C14H14F5N3O2. The Hall–Kier alpha value is -2.23. The molecule has 0 saturated carbocycles. The fourth-order valence-electron chi connectivity index (χ4n) is 2.24. The summed E-state index contributed by atoms with van der Waals surface area (Å²) in [6, 6.07) is 3.01. The summed E-state index contributed by atoms with van der Waals surface area (Å²) in [6.45, 7) is 1.57. The summed E-state index contributed by atoms with van der Waals surface area (Å²) in [6.07, 6.45) is -9.01. The summed E-state index contributed by atoms with van der Waals surface area (Å²) in [5, 5.41) is 1.76. The van der Waals surface area contributed by atoms with E-state index in [1.165, 1.54) is 6.92 Å². The fourth-order valence-corrected chi connectivity index (χ4v) is 2.24. The Labute approximate surface area is 133 Å². The number of anilines is 1. The standard InChI is InChI=1S/C14H14F5N3O2/c1-13(6-24-5-10(20)22-13)8-4-7(2-3-9(8)15)21-12(23)11(16)14(17,18)19/h2-4,11H,5-6H2,1H3,(H2,20,22)(H,21,23). The van der Waals surface area contributed by atoms with Gasteiger partial charge in [-0.15, -0.1) is 0 Å². The van der Waals surface area contributed by atoms with Gasteiger partial charge in [-0.1, -0.05) is 0 Å². The second-order valence-corrected chi connectivity index (χ2v) is 5.46. The van der Waals surface area contributed by atoms with E-state index in [-0.39, 0.29) is 30.3 Å². The Kier molecular flexibility index (Phi) is 4.79. The molecule has 1 aliphatic rings. The summed E-state index contributed by atoms with van der Waals surface area (Å²) in [7, 11) is 0. The number of hydrogen-bond acceptors (Lipinski definition) is 4. The molecule has 0 aliphatic carbocycles. The highest BCUT2D eigenvalue weighted by molar-refractivity contribution is 5.94. The molecule has 0 saturated heterocycles. The highest BCUT2D eigenvalue weighted by Crippen LogP contribution is 2.32. The largest absolute Gasteiger partial charge is 0.428 e. The summed E-state index contributed by atoms with van der Waals surface area (Å²) in [5.41, 5.74) is 4.09. The first kappa shape index (κ1) is 18.1. The maximum atomic E-state index is 14.1. The van der Waals surface area contributed by atoms with Crippen LogP contribution in [0.2, 0.25) is 0 Å². The Morgan fingerprint density at radius 1 is 1.46 bits per heavy atom. The molecule has 2 unspecified atom stereocenters. The van der Waals surface area contributed by atoms with Crippen molar-refractivity contribution in [2.75, 3.05) is 18.5 Å². The first-order chi connectivity index (χ1) is 11.0. The van der Waals surface area contributed by atoms with Crippen LogP contribution in [0.25, 0.3) is 0 Å². The van der Waals surface area contributed by atoms with E-state index in [9.17, 15) is 26.7 Å². The fraction of sp³-hybridized carbons (Fsp3) is 0.429. The molecule has 1 heterocycles. The van der Waals surface area contributed by atoms with Crippen molar-refractivity contribution in [3.63, 3.8) is 0 Å². The number of carbonyl (C=O) groups is 1. The lowest BCUT2D eigenvalue weighted by Crippen LogP contribution is -2.38. The molecule has 1 aromatic carbocycles. The van der Waals surface area contributed by atoms with Crippen molar-refractivity contribution in [1.82, 2.24) is 0 Å². The van der Waals surface area contributed by atoms with Crippen molar-refractivity contribution in [2.45, 2.75) is 24.8 Å². The van der Waals surface area contributed by atoms with E-state index < -0.39 is 29.6 Å². The number of nitrogens with two attached hydrogens (primary N) is 1. The van der Waals surface area contributed by atoms with E-state index >= 15 is 0 Å². The van der Waals surface area contributed by atoms with E-state index in [1.807, 2.05) is 0 Å². The zero-order valence-electron chi connectivity index (χ0n) is 12.5. The molecule has 132 valence electrons. The predicted molar refractivity (Wildman–Crippen MR) is 75.8 cm³/mol. The number of benzene rings is 1. The van der Waals surface area contributed by atoms with Crippen molar-refractivity contribution in [3.05, 3.63) is 29.6 Å². The van der Waals surface area contributed by atoms with Crippen LogP contribution >= 0.6 is 0 Å². The molecule has 1 aliphatic heterocycles. The minimum atomic E-state index is -5.32. The summed E-state index contributed by atoms with van der Waals surface area (Å²) in [4.78, 5) is 15.4. The van der Waals surface area contributed by atoms with Crippen LogP contribution in [0.5, 0.6) is 0 Å². The molecule has 0 bridgehead atoms. The maximum absolute atomic E-state index is 14.1. The maximum Gasteiger partial charge on any atom is 0.428 e. The van der Waals surface area contributed by atoms with E-state index in [0.717, 1.165) is 18.2 Å². The van der Waals surface area contributed by atoms with Crippen LogP contribution < -0.4 is 11.1 Å². The van der Waals surface area contributed by atoms with Crippen LogP contribution in [0.15, 0.2) is 23.2 Å². The number of alkyl halides is 4. The molecule has 0 radical (unpaired) electrons. The molecule has 3 N–H and O–H groups in total. The Morgan fingerprint density at radius 2 is 2.12 bits per heavy atom. The summed E-state index contributed by atoms with van der Waals surface area (Å²) < 4.78 is 68.8. The Balaban J connectivity index is 2.30. The van der Waals surface area contributed by atoms with Crippen LogP contribution in [-0.4, -0.2) is 37.3 Å². The lowest BCUT2D eigenvalue weighted by molar-refractivity contribution is -0.183. The van der Waals surface area contributed by atoms with Gasteiger partial charge in [-0.05, 0) is 25.1 Å². The molecule has 1 aromatic rings. The first-order valence-corrected chi connectivity index (χ1v) is 6.76. The SMILES string of the molecule is CC1(c2cc(NC(=O)C(F)C(F)(F)F)ccc2F)COCC(N)=N1. The van der Waals surface area contributed by atoms with Gasteiger partial charge in [-0.3, -0.25) is 9.79 Å². The smallest absolute Gasteiger partial charge is 0.386 e. The summed E-state index contributed by atoms with van der Waals surface area (Å²) in [5.74, 6) is -2.49. The van der Waals surface area contributed by atoms with Crippen LogP contribution in [0, 0.1) is 5.82 Å². The van der Waals surface area contributed by atoms with Crippen molar-refractivity contribution in [1.29, 1.82) is 0 Å². The Morgan fingerprint density at radius 3 is 2.71 bits per heavy atom. The average molecular weight is 351 g/mol. The number of nitrogens with one attached hydrogen (secondary N) is 1. The van der Waals surface area contributed by atoms with E-state index in [1.54, 1.807) is 5.32 Å². The molecule has 0 aromatic heterocycles. The van der Waals surface area contributed by atoms with Crippen molar-refractivity contribution >= 4 is 17.4 Å². The van der Waals surface area contributed by atoms with Crippen LogP contribution in [0.4, 0.5) is 27.6 Å². The van der Waals surface area contributed by atoms with Crippen molar-refractivity contribution in [2.24, 2.45) is 10.7 Å². The van der Waals surface area contributed by atoms with Gasteiger partial charge in [-0.25, -0.2) is 8.78 Å². The van der Waals surface area contributed by atoms with Crippen LogP contribution in [-0.2, 0) is 15.1 Å². The van der Waals surface area contributed by atoms with E-state index in [2.05, 4.69) is 4.99 Å². The minimum Gasteiger partial charge on any atom is -0.386 e.